The van der Waals surface area contributed by atoms with Crippen LogP contribution in [0.1, 0.15) is 31.0 Å². The lowest BCUT2D eigenvalue weighted by Gasteiger charge is -2.15. The van der Waals surface area contributed by atoms with Crippen molar-refractivity contribution in [1.82, 2.24) is 4.98 Å². The molecule has 2 aromatic rings. The molecule has 1 aromatic carbocycles. The highest BCUT2D eigenvalue weighted by atomic mass is 19.1. The second-order valence-electron chi connectivity index (χ2n) is 5.20. The van der Waals surface area contributed by atoms with E-state index >= 15 is 0 Å². The Kier molecular flexibility index (Phi) is 3.47. The van der Waals surface area contributed by atoms with Crippen molar-refractivity contribution in [3.63, 3.8) is 0 Å². The second kappa shape index (κ2) is 5.27. The molecule has 0 unspecified atom stereocenters. The molecular weight excluding hydrogens is 255 g/mol. The Morgan fingerprint density at radius 3 is 2.95 bits per heavy atom. The molecule has 0 atom stereocenters. The molecule has 3 rings (SSSR count). The van der Waals surface area contributed by atoms with Crippen LogP contribution >= 0.6 is 0 Å². The predicted molar refractivity (Wildman–Crippen MR) is 79.1 cm³/mol. The zero-order valence-electron chi connectivity index (χ0n) is 11.9. The lowest BCUT2D eigenvalue weighted by Crippen LogP contribution is -2.06. The van der Waals surface area contributed by atoms with Gasteiger partial charge < -0.3 is 10.1 Å². The molecule has 3 nitrogen and oxygen atoms in total. The van der Waals surface area contributed by atoms with E-state index in [0.29, 0.717) is 5.75 Å². The molecule has 0 bridgehead atoms. The van der Waals surface area contributed by atoms with Gasteiger partial charge in [-0.2, -0.15) is 0 Å². The van der Waals surface area contributed by atoms with Crippen molar-refractivity contribution in [3.05, 3.63) is 29.2 Å². The van der Waals surface area contributed by atoms with Crippen molar-refractivity contribution in [2.24, 2.45) is 0 Å². The van der Waals surface area contributed by atoms with Gasteiger partial charge in [-0.3, -0.25) is 0 Å². The number of methoxy groups -OCH3 is 1. The lowest BCUT2D eigenvalue weighted by molar-refractivity contribution is 0.415. The van der Waals surface area contributed by atoms with E-state index in [2.05, 4.69) is 12.2 Å². The Bertz CT molecular complexity index is 655. The van der Waals surface area contributed by atoms with E-state index in [4.69, 9.17) is 9.72 Å². The fourth-order valence-electron chi connectivity index (χ4n) is 2.91. The number of pyridine rings is 1. The molecule has 0 radical (unpaired) electrons. The Balaban J connectivity index is 2.28. The number of fused-ring (bicyclic) bond motifs is 2. The maximum absolute atomic E-state index is 13.8. The Labute approximate surface area is 118 Å². The molecule has 0 spiro atoms. The molecule has 0 amide bonds. The van der Waals surface area contributed by atoms with Gasteiger partial charge >= 0.3 is 0 Å². The summed E-state index contributed by atoms with van der Waals surface area (Å²) in [5, 5.41) is 4.28. The molecule has 0 saturated heterocycles. The highest BCUT2D eigenvalue weighted by molar-refractivity contribution is 5.97. The lowest BCUT2D eigenvalue weighted by atomic mass is 10.1. The largest absolute Gasteiger partial charge is 0.494 e. The molecule has 1 heterocycles. The van der Waals surface area contributed by atoms with Gasteiger partial charge in [-0.25, -0.2) is 9.37 Å². The molecule has 1 aromatic heterocycles. The number of hydrogen-bond donors (Lipinski definition) is 1. The number of rotatable bonds is 4. The van der Waals surface area contributed by atoms with Gasteiger partial charge in [0.2, 0.25) is 0 Å². The number of nitrogens with zero attached hydrogens (tertiary/aromatic N) is 1. The van der Waals surface area contributed by atoms with E-state index in [9.17, 15) is 4.39 Å². The van der Waals surface area contributed by atoms with E-state index in [-0.39, 0.29) is 5.82 Å². The second-order valence-corrected chi connectivity index (χ2v) is 5.20. The third-order valence-corrected chi connectivity index (χ3v) is 3.82. The van der Waals surface area contributed by atoms with Gasteiger partial charge in [-0.1, -0.05) is 6.92 Å². The third kappa shape index (κ3) is 2.09. The number of hydrogen-bond acceptors (Lipinski definition) is 3. The summed E-state index contributed by atoms with van der Waals surface area (Å²) in [7, 11) is 1.56. The van der Waals surface area contributed by atoms with Crippen molar-refractivity contribution < 1.29 is 9.13 Å². The molecular formula is C16H19FN2O. The van der Waals surface area contributed by atoms with Gasteiger partial charge in [-0.15, -0.1) is 0 Å². The zero-order valence-corrected chi connectivity index (χ0v) is 11.9. The monoisotopic (exact) mass is 274 g/mol. The minimum absolute atomic E-state index is 0.284. The molecule has 0 saturated carbocycles. The summed E-state index contributed by atoms with van der Waals surface area (Å²) in [5.74, 6) is 0.225. The third-order valence-electron chi connectivity index (χ3n) is 3.82. The molecule has 4 heteroatoms. The smallest absolute Gasteiger partial charge is 0.148 e. The SMILES string of the molecule is CCCNc1c2c(nc3c(OC)cc(F)cc13)CCC2. The number of nitrogens with one attached hydrogen (secondary N) is 1. The topological polar surface area (TPSA) is 34.2 Å². The van der Waals surface area contributed by atoms with Crippen LogP contribution in [-0.2, 0) is 12.8 Å². The van der Waals surface area contributed by atoms with E-state index in [0.717, 1.165) is 54.5 Å². The molecule has 106 valence electrons. The molecule has 1 N–H and O–H groups in total. The van der Waals surface area contributed by atoms with Crippen molar-refractivity contribution >= 4 is 16.6 Å². The molecule has 0 fully saturated rings. The normalized spacial score (nSPS) is 13.6. The first-order valence-corrected chi connectivity index (χ1v) is 7.17. The molecule has 0 aliphatic heterocycles. The fraction of sp³-hybridized carbons (Fsp3) is 0.438. The van der Waals surface area contributed by atoms with Crippen molar-refractivity contribution in [3.8, 4) is 5.75 Å². The summed E-state index contributed by atoms with van der Waals surface area (Å²) >= 11 is 0. The van der Waals surface area contributed by atoms with Crippen LogP contribution in [-0.4, -0.2) is 18.6 Å². The molecule has 20 heavy (non-hydrogen) atoms. The summed E-state index contributed by atoms with van der Waals surface area (Å²) < 4.78 is 19.1. The van der Waals surface area contributed by atoms with Crippen LogP contribution in [0.5, 0.6) is 5.75 Å². The van der Waals surface area contributed by atoms with Gasteiger partial charge in [0.05, 0.1) is 7.11 Å². The molecule has 1 aliphatic rings. The van der Waals surface area contributed by atoms with Gasteiger partial charge in [-0.05, 0) is 37.3 Å². The van der Waals surface area contributed by atoms with Crippen LogP contribution in [0.15, 0.2) is 12.1 Å². The minimum atomic E-state index is -0.284. The van der Waals surface area contributed by atoms with E-state index in [1.165, 1.54) is 11.6 Å². The Hall–Kier alpha value is -1.84. The van der Waals surface area contributed by atoms with Gasteiger partial charge in [0.15, 0.2) is 0 Å². The first-order chi connectivity index (χ1) is 9.74. The maximum atomic E-state index is 13.8. The van der Waals surface area contributed by atoms with Gasteiger partial charge in [0.25, 0.3) is 0 Å². The number of ether oxygens (including phenoxy) is 1. The number of aryl methyl sites for hydroxylation is 1. The van der Waals surface area contributed by atoms with E-state index in [1.807, 2.05) is 0 Å². The predicted octanol–water partition coefficient (Wildman–Crippen LogP) is 3.69. The summed E-state index contributed by atoms with van der Waals surface area (Å²) in [6, 6.07) is 2.96. The van der Waals surface area contributed by atoms with Crippen LogP contribution in [0.2, 0.25) is 0 Å². The summed E-state index contributed by atoms with van der Waals surface area (Å²) in [5.41, 5.74) is 4.18. The van der Waals surface area contributed by atoms with Gasteiger partial charge in [0.1, 0.15) is 17.1 Å². The summed E-state index contributed by atoms with van der Waals surface area (Å²) in [4.78, 5) is 4.70. The Morgan fingerprint density at radius 2 is 2.20 bits per heavy atom. The first-order valence-electron chi connectivity index (χ1n) is 7.17. The average molecular weight is 274 g/mol. The van der Waals surface area contributed by atoms with E-state index in [1.54, 1.807) is 13.2 Å². The number of benzene rings is 1. The standard InChI is InChI=1S/C16H19FN2O/c1-3-7-18-15-11-5-4-6-13(11)19-16-12(15)8-10(17)9-14(16)20-2/h8-9H,3-7H2,1-2H3,(H,18,19). The van der Waals surface area contributed by atoms with Crippen LogP contribution in [0, 0.1) is 5.82 Å². The number of halogens is 1. The minimum Gasteiger partial charge on any atom is -0.494 e. The summed E-state index contributed by atoms with van der Waals surface area (Å²) in [6.07, 6.45) is 4.16. The number of anilines is 1. The van der Waals surface area contributed by atoms with Crippen molar-refractivity contribution in [1.29, 1.82) is 0 Å². The van der Waals surface area contributed by atoms with Crippen LogP contribution < -0.4 is 10.1 Å². The van der Waals surface area contributed by atoms with Crippen LogP contribution in [0.3, 0.4) is 0 Å². The number of aromatic nitrogens is 1. The fourth-order valence-corrected chi connectivity index (χ4v) is 2.91. The highest BCUT2D eigenvalue weighted by Crippen LogP contribution is 2.37. The average Bonchev–Trinajstić information content (AvgIpc) is 2.91. The van der Waals surface area contributed by atoms with E-state index < -0.39 is 0 Å². The quantitative estimate of drug-likeness (QED) is 0.923. The summed E-state index contributed by atoms with van der Waals surface area (Å²) in [6.45, 7) is 3.00. The van der Waals surface area contributed by atoms with Crippen LogP contribution in [0.25, 0.3) is 10.9 Å². The Morgan fingerprint density at radius 1 is 1.35 bits per heavy atom. The van der Waals surface area contributed by atoms with Gasteiger partial charge in [0, 0.05) is 29.4 Å². The maximum Gasteiger partial charge on any atom is 0.148 e. The first kappa shape index (κ1) is 13.2. The van der Waals surface area contributed by atoms with Crippen molar-refractivity contribution in [2.75, 3.05) is 19.0 Å². The van der Waals surface area contributed by atoms with Crippen molar-refractivity contribution in [2.45, 2.75) is 32.6 Å². The molecule has 1 aliphatic carbocycles. The zero-order chi connectivity index (χ0) is 14.1. The van der Waals surface area contributed by atoms with Crippen LogP contribution in [0.4, 0.5) is 10.1 Å². The highest BCUT2D eigenvalue weighted by Gasteiger charge is 2.21.